The van der Waals surface area contributed by atoms with Crippen LogP contribution in [0.2, 0.25) is 0 Å². The van der Waals surface area contributed by atoms with Gasteiger partial charge in [0.15, 0.2) is 0 Å². The van der Waals surface area contributed by atoms with Crippen molar-refractivity contribution in [3.8, 4) is 0 Å². The lowest BCUT2D eigenvalue weighted by molar-refractivity contribution is -0.164. The van der Waals surface area contributed by atoms with Gasteiger partial charge in [0.2, 0.25) is 0 Å². The molecule has 3 heteroatoms. The maximum atomic E-state index is 11.6. The molecule has 1 unspecified atom stereocenters. The molecule has 0 radical (unpaired) electrons. The van der Waals surface area contributed by atoms with Gasteiger partial charge in [-0.25, -0.2) is 0 Å². The largest absolute Gasteiger partial charge is 0.463 e. The third-order valence-electron chi connectivity index (χ3n) is 2.62. The summed E-state index contributed by atoms with van der Waals surface area (Å²) in [5, 5.41) is 0. The molecule has 3 nitrogen and oxygen atoms in total. The Morgan fingerprint density at radius 2 is 2.21 bits per heavy atom. The van der Waals surface area contributed by atoms with Crippen LogP contribution in [0.5, 0.6) is 0 Å². The number of hydrogen-bond donors (Lipinski definition) is 0. The molecule has 0 bridgehead atoms. The second kappa shape index (κ2) is 4.78. The van der Waals surface area contributed by atoms with Crippen LogP contribution in [-0.2, 0) is 14.3 Å². The molecule has 1 atom stereocenters. The number of hydrogen-bond acceptors (Lipinski definition) is 3. The zero-order chi connectivity index (χ0) is 10.6. The lowest BCUT2D eigenvalue weighted by atomic mass is 9.88. The van der Waals surface area contributed by atoms with Crippen molar-refractivity contribution in [2.24, 2.45) is 5.41 Å². The van der Waals surface area contributed by atoms with Crippen LogP contribution in [-0.4, -0.2) is 25.3 Å². The second-order valence-corrected chi connectivity index (χ2v) is 4.51. The Kier molecular flexibility index (Phi) is 3.93. The Balaban J connectivity index is 2.24. The smallest absolute Gasteiger partial charge is 0.311 e. The van der Waals surface area contributed by atoms with Gasteiger partial charge in [-0.15, -0.1) is 0 Å². The van der Waals surface area contributed by atoms with Gasteiger partial charge >= 0.3 is 5.97 Å². The van der Waals surface area contributed by atoms with E-state index in [1.807, 2.05) is 13.8 Å². The van der Waals surface area contributed by atoms with E-state index in [9.17, 15) is 4.79 Å². The average molecular weight is 200 g/mol. The average Bonchev–Trinajstić information content (AvgIpc) is 2.01. The van der Waals surface area contributed by atoms with Crippen molar-refractivity contribution in [3.05, 3.63) is 0 Å². The highest BCUT2D eigenvalue weighted by molar-refractivity contribution is 5.75. The Hall–Kier alpha value is -0.570. The molecule has 14 heavy (non-hydrogen) atoms. The topological polar surface area (TPSA) is 35.5 Å². The first kappa shape index (κ1) is 11.5. The molecule has 0 aromatic heterocycles. The van der Waals surface area contributed by atoms with Gasteiger partial charge in [0.1, 0.15) is 6.61 Å². The molecule has 0 aromatic rings. The molecular weight excluding hydrogens is 180 g/mol. The minimum Gasteiger partial charge on any atom is -0.463 e. The summed E-state index contributed by atoms with van der Waals surface area (Å²) in [5.74, 6) is -0.102. The zero-order valence-corrected chi connectivity index (χ0v) is 9.34. The molecular formula is C11H20O3. The molecule has 0 aliphatic carbocycles. The summed E-state index contributed by atoms with van der Waals surface area (Å²) in [6.45, 7) is 7.16. The summed E-state index contributed by atoms with van der Waals surface area (Å²) in [6.07, 6.45) is 3.04. The third-order valence-corrected chi connectivity index (χ3v) is 2.62. The fourth-order valence-corrected chi connectivity index (χ4v) is 1.51. The van der Waals surface area contributed by atoms with Gasteiger partial charge in [-0.05, 0) is 20.3 Å². The number of carbonyl (C=O) groups is 1. The molecule has 0 N–H and O–H groups in total. The molecule has 0 amide bonds. The van der Waals surface area contributed by atoms with Crippen molar-refractivity contribution in [1.29, 1.82) is 0 Å². The molecule has 0 spiro atoms. The van der Waals surface area contributed by atoms with E-state index in [-0.39, 0.29) is 17.5 Å². The summed E-state index contributed by atoms with van der Waals surface area (Å²) >= 11 is 0. The van der Waals surface area contributed by atoms with E-state index in [0.29, 0.717) is 6.61 Å². The molecule has 1 aliphatic heterocycles. The van der Waals surface area contributed by atoms with Crippen LogP contribution >= 0.6 is 0 Å². The van der Waals surface area contributed by atoms with Gasteiger partial charge in [-0.3, -0.25) is 4.79 Å². The number of rotatable bonds is 5. The van der Waals surface area contributed by atoms with Gasteiger partial charge in [-0.2, -0.15) is 0 Å². The van der Waals surface area contributed by atoms with E-state index in [2.05, 4.69) is 6.92 Å². The predicted octanol–water partition coefficient (Wildman–Crippen LogP) is 2.14. The van der Waals surface area contributed by atoms with Crippen LogP contribution < -0.4 is 0 Å². The minimum absolute atomic E-state index is 0.102. The monoisotopic (exact) mass is 200 g/mol. The van der Waals surface area contributed by atoms with Crippen LogP contribution in [0, 0.1) is 5.41 Å². The van der Waals surface area contributed by atoms with E-state index in [1.165, 1.54) is 0 Å². The highest BCUT2D eigenvalue weighted by atomic mass is 16.6. The maximum Gasteiger partial charge on any atom is 0.311 e. The maximum absolute atomic E-state index is 11.6. The lowest BCUT2D eigenvalue weighted by Crippen LogP contribution is -2.35. The highest BCUT2D eigenvalue weighted by Gasteiger charge is 2.29. The summed E-state index contributed by atoms with van der Waals surface area (Å²) in [4.78, 5) is 11.6. The van der Waals surface area contributed by atoms with Crippen molar-refractivity contribution in [2.75, 3.05) is 13.2 Å². The van der Waals surface area contributed by atoms with E-state index in [4.69, 9.17) is 9.47 Å². The summed E-state index contributed by atoms with van der Waals surface area (Å²) in [7, 11) is 0. The Labute approximate surface area is 85.8 Å². The molecule has 1 heterocycles. The molecule has 1 fully saturated rings. The van der Waals surface area contributed by atoms with Crippen molar-refractivity contribution < 1.29 is 14.3 Å². The zero-order valence-electron chi connectivity index (χ0n) is 9.34. The third kappa shape index (κ3) is 2.98. The SMILES string of the molecule is CCCC(C)(C)C(=O)OCC1CCO1. The number of carbonyl (C=O) groups excluding carboxylic acids is 1. The number of esters is 1. The normalized spacial score (nSPS) is 21.5. The fraction of sp³-hybridized carbons (Fsp3) is 0.909. The second-order valence-electron chi connectivity index (χ2n) is 4.51. The molecule has 0 aromatic carbocycles. The van der Waals surface area contributed by atoms with Gasteiger partial charge < -0.3 is 9.47 Å². The first-order chi connectivity index (χ1) is 6.56. The number of ether oxygens (including phenoxy) is 2. The van der Waals surface area contributed by atoms with Crippen molar-refractivity contribution >= 4 is 5.97 Å². The Morgan fingerprint density at radius 3 is 2.64 bits per heavy atom. The molecule has 0 saturated carbocycles. The minimum atomic E-state index is -0.349. The molecule has 1 aliphatic rings. The van der Waals surface area contributed by atoms with Gasteiger partial charge in [-0.1, -0.05) is 13.3 Å². The van der Waals surface area contributed by atoms with Gasteiger partial charge in [0.05, 0.1) is 11.5 Å². The van der Waals surface area contributed by atoms with Crippen LogP contribution in [0.3, 0.4) is 0 Å². The van der Waals surface area contributed by atoms with E-state index >= 15 is 0 Å². The lowest BCUT2D eigenvalue weighted by Gasteiger charge is -2.28. The Bertz CT molecular complexity index is 195. The van der Waals surface area contributed by atoms with Gasteiger partial charge in [0.25, 0.3) is 0 Å². The highest BCUT2D eigenvalue weighted by Crippen LogP contribution is 2.24. The first-order valence-electron chi connectivity index (χ1n) is 5.35. The summed E-state index contributed by atoms with van der Waals surface area (Å²) < 4.78 is 10.4. The van der Waals surface area contributed by atoms with Crippen molar-refractivity contribution in [1.82, 2.24) is 0 Å². The van der Waals surface area contributed by atoms with Crippen LogP contribution in [0.1, 0.15) is 40.0 Å². The van der Waals surface area contributed by atoms with E-state index in [0.717, 1.165) is 25.9 Å². The molecule has 1 rings (SSSR count). The van der Waals surface area contributed by atoms with Crippen LogP contribution in [0.15, 0.2) is 0 Å². The Morgan fingerprint density at radius 1 is 1.57 bits per heavy atom. The first-order valence-corrected chi connectivity index (χ1v) is 5.35. The molecule has 82 valence electrons. The molecule has 1 saturated heterocycles. The fourth-order valence-electron chi connectivity index (χ4n) is 1.51. The standard InChI is InChI=1S/C11H20O3/c1-4-6-11(2,3)10(12)14-8-9-5-7-13-9/h9H,4-8H2,1-3H3. The van der Waals surface area contributed by atoms with Crippen molar-refractivity contribution in [3.63, 3.8) is 0 Å². The van der Waals surface area contributed by atoms with Gasteiger partial charge in [0, 0.05) is 13.0 Å². The summed E-state index contributed by atoms with van der Waals surface area (Å²) in [5.41, 5.74) is -0.349. The van der Waals surface area contributed by atoms with Crippen molar-refractivity contribution in [2.45, 2.75) is 46.1 Å². The quantitative estimate of drug-likeness (QED) is 0.638. The van der Waals surface area contributed by atoms with Crippen LogP contribution in [0.4, 0.5) is 0 Å². The van der Waals surface area contributed by atoms with E-state index < -0.39 is 0 Å². The summed E-state index contributed by atoms with van der Waals surface area (Å²) in [6, 6.07) is 0. The van der Waals surface area contributed by atoms with Crippen LogP contribution in [0.25, 0.3) is 0 Å². The van der Waals surface area contributed by atoms with E-state index in [1.54, 1.807) is 0 Å². The predicted molar refractivity (Wildman–Crippen MR) is 54.0 cm³/mol.